The predicted octanol–water partition coefficient (Wildman–Crippen LogP) is 2.74. The van der Waals surface area contributed by atoms with Gasteiger partial charge in [0.05, 0.1) is 11.3 Å². The number of nitrogens with one attached hydrogen (secondary N) is 1. The van der Waals surface area contributed by atoms with Crippen molar-refractivity contribution in [1.29, 1.82) is 0 Å². The number of aromatic carboxylic acids is 1. The maximum atomic E-state index is 13.3. The van der Waals surface area contributed by atoms with E-state index in [4.69, 9.17) is 16.7 Å². The van der Waals surface area contributed by atoms with Gasteiger partial charge in [-0.2, -0.15) is 0 Å². The first-order valence-electron chi connectivity index (χ1n) is 5.39. The van der Waals surface area contributed by atoms with Gasteiger partial charge >= 0.3 is 5.97 Å². The molecule has 1 aromatic heterocycles. The number of carbonyl (C=O) groups is 1. The number of benzene rings is 1. The summed E-state index contributed by atoms with van der Waals surface area (Å²) in [5, 5.41) is 8.81. The van der Waals surface area contributed by atoms with Gasteiger partial charge in [0.15, 0.2) is 8.68 Å². The summed E-state index contributed by atoms with van der Waals surface area (Å²) in [4.78, 5) is 14.6. The largest absolute Gasteiger partial charge is 0.478 e. The van der Waals surface area contributed by atoms with Gasteiger partial charge in [-0.15, -0.1) is 0 Å². The maximum absolute atomic E-state index is 13.3. The number of hydrogen-bond acceptors (Lipinski definition) is 5. The third-order valence-electron chi connectivity index (χ3n) is 2.42. The zero-order valence-corrected chi connectivity index (χ0v) is 12.8. The average molecular weight is 351 g/mol. The Morgan fingerprint density at radius 3 is 2.67 bits per heavy atom. The quantitative estimate of drug-likeness (QED) is 0.883. The molecule has 0 fully saturated rings. The number of sulfonamides is 1. The van der Waals surface area contributed by atoms with Crippen molar-refractivity contribution in [3.8, 4) is 0 Å². The third kappa shape index (κ3) is 3.31. The standard InChI is InChI=1S/C11H8ClFN2O4S2/c1-5-10(20-11(12)14-5)21(18,19)15-6-2-3-8(13)7(4-6)9(16)17/h2-4,15H,1H3,(H,16,17). The van der Waals surface area contributed by atoms with E-state index in [1.54, 1.807) is 0 Å². The van der Waals surface area contributed by atoms with Gasteiger partial charge in [-0.1, -0.05) is 22.9 Å². The number of thiazole rings is 1. The average Bonchev–Trinajstić information content (AvgIpc) is 2.71. The first-order valence-corrected chi connectivity index (χ1v) is 8.07. The van der Waals surface area contributed by atoms with Gasteiger partial charge < -0.3 is 5.11 Å². The molecule has 2 aromatic rings. The summed E-state index contributed by atoms with van der Waals surface area (Å²) in [6.07, 6.45) is 0. The van der Waals surface area contributed by atoms with Gasteiger partial charge in [-0.25, -0.2) is 22.6 Å². The third-order valence-corrected chi connectivity index (χ3v) is 5.67. The Morgan fingerprint density at radius 2 is 2.14 bits per heavy atom. The topological polar surface area (TPSA) is 96.4 Å². The van der Waals surface area contributed by atoms with Crippen molar-refractivity contribution in [3.63, 3.8) is 0 Å². The molecule has 21 heavy (non-hydrogen) atoms. The number of halogens is 2. The summed E-state index contributed by atoms with van der Waals surface area (Å²) < 4.78 is 39.7. The fourth-order valence-corrected chi connectivity index (χ4v) is 4.34. The molecular formula is C11H8ClFN2O4S2. The lowest BCUT2D eigenvalue weighted by Gasteiger charge is -2.08. The number of aromatic nitrogens is 1. The number of rotatable bonds is 4. The smallest absolute Gasteiger partial charge is 0.338 e. The Kier molecular flexibility index (Phi) is 4.17. The van der Waals surface area contributed by atoms with Crippen LogP contribution in [0.2, 0.25) is 4.47 Å². The summed E-state index contributed by atoms with van der Waals surface area (Å²) >= 11 is 6.42. The first-order chi connectivity index (χ1) is 9.70. The zero-order valence-electron chi connectivity index (χ0n) is 10.4. The fraction of sp³-hybridized carbons (Fsp3) is 0.0909. The van der Waals surface area contributed by atoms with E-state index in [0.29, 0.717) is 0 Å². The molecule has 0 aliphatic carbocycles. The first kappa shape index (κ1) is 15.7. The molecule has 0 aliphatic rings. The second-order valence-electron chi connectivity index (χ2n) is 3.94. The van der Waals surface area contributed by atoms with E-state index < -0.39 is 27.4 Å². The van der Waals surface area contributed by atoms with Crippen LogP contribution in [0.5, 0.6) is 0 Å². The minimum absolute atomic E-state index is 0.0678. The van der Waals surface area contributed by atoms with Gasteiger partial charge in [0.1, 0.15) is 5.82 Å². The van der Waals surface area contributed by atoms with E-state index in [0.717, 1.165) is 29.5 Å². The highest BCUT2D eigenvalue weighted by Gasteiger charge is 2.22. The molecule has 0 radical (unpaired) electrons. The highest BCUT2D eigenvalue weighted by Crippen LogP contribution is 2.28. The van der Waals surface area contributed by atoms with E-state index in [-0.39, 0.29) is 20.1 Å². The van der Waals surface area contributed by atoms with Crippen molar-refractivity contribution in [2.75, 3.05) is 4.72 Å². The van der Waals surface area contributed by atoms with Crippen LogP contribution in [0.3, 0.4) is 0 Å². The van der Waals surface area contributed by atoms with E-state index in [1.807, 2.05) is 0 Å². The maximum Gasteiger partial charge on any atom is 0.338 e. The molecule has 0 saturated carbocycles. The molecule has 1 heterocycles. The van der Waals surface area contributed by atoms with Crippen LogP contribution in [0, 0.1) is 12.7 Å². The van der Waals surface area contributed by atoms with Crippen molar-refractivity contribution in [1.82, 2.24) is 4.98 Å². The molecule has 0 atom stereocenters. The highest BCUT2D eigenvalue weighted by atomic mass is 35.5. The molecule has 0 spiro atoms. The normalized spacial score (nSPS) is 11.4. The van der Waals surface area contributed by atoms with Crippen molar-refractivity contribution < 1.29 is 22.7 Å². The number of anilines is 1. The van der Waals surface area contributed by atoms with Crippen LogP contribution in [0.15, 0.2) is 22.4 Å². The van der Waals surface area contributed by atoms with E-state index in [9.17, 15) is 17.6 Å². The summed E-state index contributed by atoms with van der Waals surface area (Å²) in [7, 11) is -3.97. The zero-order chi connectivity index (χ0) is 15.8. The summed E-state index contributed by atoms with van der Waals surface area (Å²) in [6.45, 7) is 1.48. The molecule has 0 aliphatic heterocycles. The molecule has 10 heteroatoms. The fourth-order valence-electron chi connectivity index (χ4n) is 1.55. The van der Waals surface area contributed by atoms with Gasteiger partial charge in [0, 0.05) is 5.69 Å². The lowest BCUT2D eigenvalue weighted by molar-refractivity contribution is 0.0692. The van der Waals surface area contributed by atoms with Gasteiger partial charge in [-0.3, -0.25) is 4.72 Å². The number of aryl methyl sites for hydroxylation is 1. The molecule has 2 N–H and O–H groups in total. The number of nitrogens with zero attached hydrogens (tertiary/aromatic N) is 1. The van der Waals surface area contributed by atoms with Crippen LogP contribution in [0.25, 0.3) is 0 Å². The molecule has 0 amide bonds. The molecular weight excluding hydrogens is 343 g/mol. The summed E-state index contributed by atoms with van der Waals surface area (Å²) in [5.41, 5.74) is -0.481. The molecule has 112 valence electrons. The molecule has 0 bridgehead atoms. The Bertz CT molecular complexity index is 820. The van der Waals surface area contributed by atoms with Crippen molar-refractivity contribution in [2.45, 2.75) is 11.1 Å². The van der Waals surface area contributed by atoms with Gasteiger partial charge in [0.25, 0.3) is 10.0 Å². The van der Waals surface area contributed by atoms with Crippen molar-refractivity contribution >= 4 is 44.6 Å². The summed E-state index contributed by atoms with van der Waals surface area (Å²) in [5.74, 6) is -2.45. The predicted molar refractivity (Wildman–Crippen MR) is 76.0 cm³/mol. The van der Waals surface area contributed by atoms with E-state index in [2.05, 4.69) is 9.71 Å². The summed E-state index contributed by atoms with van der Waals surface area (Å²) in [6, 6.07) is 2.89. The number of hydrogen-bond donors (Lipinski definition) is 2. The van der Waals surface area contributed by atoms with Gasteiger partial charge in [0.2, 0.25) is 0 Å². The van der Waals surface area contributed by atoms with Crippen LogP contribution < -0.4 is 4.72 Å². The SMILES string of the molecule is Cc1nc(Cl)sc1S(=O)(=O)Nc1ccc(F)c(C(=O)O)c1. The lowest BCUT2D eigenvalue weighted by Crippen LogP contribution is -2.13. The molecule has 0 unspecified atom stereocenters. The Balaban J connectivity index is 2.40. The molecule has 6 nitrogen and oxygen atoms in total. The van der Waals surface area contributed by atoms with Crippen LogP contribution in [-0.4, -0.2) is 24.5 Å². The van der Waals surface area contributed by atoms with Crippen LogP contribution in [0.1, 0.15) is 16.1 Å². The van der Waals surface area contributed by atoms with Crippen LogP contribution in [0.4, 0.5) is 10.1 Å². The minimum atomic E-state index is -3.97. The minimum Gasteiger partial charge on any atom is -0.478 e. The second kappa shape index (κ2) is 5.58. The van der Waals surface area contributed by atoms with Gasteiger partial charge in [-0.05, 0) is 25.1 Å². The number of carboxylic acids is 1. The van der Waals surface area contributed by atoms with E-state index >= 15 is 0 Å². The molecule has 2 rings (SSSR count). The second-order valence-corrected chi connectivity index (χ2v) is 7.40. The highest BCUT2D eigenvalue weighted by molar-refractivity contribution is 7.94. The van der Waals surface area contributed by atoms with E-state index in [1.165, 1.54) is 6.92 Å². The van der Waals surface area contributed by atoms with Crippen molar-refractivity contribution in [3.05, 3.63) is 39.7 Å². The lowest BCUT2D eigenvalue weighted by atomic mass is 10.2. The Hall–Kier alpha value is -1.71. The molecule has 0 saturated heterocycles. The molecule has 1 aromatic carbocycles. The monoisotopic (exact) mass is 350 g/mol. The number of carboxylic acid groups (broad SMARTS) is 1. The Morgan fingerprint density at radius 1 is 1.48 bits per heavy atom. The van der Waals surface area contributed by atoms with Crippen molar-refractivity contribution in [2.24, 2.45) is 0 Å². The Labute approximate surface area is 128 Å². The van der Waals surface area contributed by atoms with Crippen LogP contribution in [-0.2, 0) is 10.0 Å². The van der Waals surface area contributed by atoms with Crippen LogP contribution >= 0.6 is 22.9 Å².